The van der Waals surface area contributed by atoms with Gasteiger partial charge in [-0.15, -0.1) is 0 Å². The number of nitrogens with zero attached hydrogens (tertiary/aromatic N) is 3. The molecule has 0 bridgehead atoms. The highest BCUT2D eigenvalue weighted by Gasteiger charge is 2.27. The number of guanidine groups is 1. The lowest BCUT2D eigenvalue weighted by molar-refractivity contribution is 0.255. The van der Waals surface area contributed by atoms with Crippen molar-refractivity contribution in [3.8, 4) is 0 Å². The fourth-order valence-electron chi connectivity index (χ4n) is 3.66. The Morgan fingerprint density at radius 3 is 2.69 bits per heavy atom. The monoisotopic (exact) mass is 362 g/mol. The van der Waals surface area contributed by atoms with Crippen molar-refractivity contribution >= 4 is 5.96 Å². The van der Waals surface area contributed by atoms with Crippen LogP contribution >= 0.6 is 0 Å². The normalized spacial score (nSPS) is 18.7. The molecule has 0 aliphatic carbocycles. The van der Waals surface area contributed by atoms with Gasteiger partial charge in [0.05, 0.1) is 0 Å². The van der Waals surface area contributed by atoms with Crippen LogP contribution in [0.2, 0.25) is 0 Å². The number of nitrogens with one attached hydrogen (secondary N) is 1. The van der Waals surface area contributed by atoms with Gasteiger partial charge in [0.2, 0.25) is 0 Å². The molecule has 1 N–H and O–H groups in total. The van der Waals surface area contributed by atoms with E-state index in [9.17, 15) is 4.39 Å². The lowest BCUT2D eigenvalue weighted by atomic mass is 9.84. The third-order valence-corrected chi connectivity index (χ3v) is 5.50. The van der Waals surface area contributed by atoms with Crippen LogP contribution in [0.5, 0.6) is 0 Å². The Balaban J connectivity index is 1.92. The molecule has 1 fully saturated rings. The van der Waals surface area contributed by atoms with E-state index in [0.717, 1.165) is 50.8 Å². The number of benzene rings is 1. The summed E-state index contributed by atoms with van der Waals surface area (Å²) >= 11 is 0. The van der Waals surface area contributed by atoms with Gasteiger partial charge in [0.25, 0.3) is 0 Å². The molecule has 1 aromatic carbocycles. The molecule has 4 nitrogen and oxygen atoms in total. The van der Waals surface area contributed by atoms with Gasteiger partial charge in [-0.1, -0.05) is 39.8 Å². The molecule has 2 rings (SSSR count). The summed E-state index contributed by atoms with van der Waals surface area (Å²) in [4.78, 5) is 9.34. The molecule has 1 unspecified atom stereocenters. The number of likely N-dealkylation sites (tertiary alicyclic amines) is 1. The quantitative estimate of drug-likeness (QED) is 0.596. The lowest BCUT2D eigenvalue weighted by Crippen LogP contribution is -2.45. The van der Waals surface area contributed by atoms with Crippen LogP contribution in [0.25, 0.3) is 0 Å². The highest BCUT2D eigenvalue weighted by atomic mass is 19.1. The van der Waals surface area contributed by atoms with Crippen LogP contribution in [-0.4, -0.2) is 62.1 Å². The van der Waals surface area contributed by atoms with Crippen molar-refractivity contribution in [2.75, 3.05) is 46.3 Å². The molecule has 1 heterocycles. The van der Waals surface area contributed by atoms with Crippen molar-refractivity contribution in [3.05, 3.63) is 35.6 Å². The zero-order valence-corrected chi connectivity index (χ0v) is 17.1. The van der Waals surface area contributed by atoms with E-state index in [1.807, 2.05) is 13.1 Å². The van der Waals surface area contributed by atoms with Crippen molar-refractivity contribution in [1.82, 2.24) is 15.1 Å². The zero-order valence-electron chi connectivity index (χ0n) is 17.1. The molecular weight excluding hydrogens is 327 g/mol. The number of halogens is 1. The van der Waals surface area contributed by atoms with Crippen molar-refractivity contribution in [2.45, 2.75) is 39.5 Å². The molecular formula is C21H35FN4. The van der Waals surface area contributed by atoms with Gasteiger partial charge in [-0.25, -0.2) is 4.39 Å². The molecule has 26 heavy (non-hydrogen) atoms. The standard InChI is InChI=1S/C21H35FN4/c1-6-25(7-2)14-17-11-12-26(15-17)20(23-5)24-16-21(3,4)18-9-8-10-19(22)13-18/h8-10,13,17H,6-7,11-12,14-16H2,1-5H3,(H,23,24). The van der Waals surface area contributed by atoms with Gasteiger partial charge in [0.15, 0.2) is 5.96 Å². The summed E-state index contributed by atoms with van der Waals surface area (Å²) in [6, 6.07) is 6.88. The fraction of sp³-hybridized carbons (Fsp3) is 0.667. The van der Waals surface area contributed by atoms with E-state index in [-0.39, 0.29) is 11.2 Å². The maximum Gasteiger partial charge on any atom is 0.193 e. The number of rotatable bonds is 7. The first-order valence-corrected chi connectivity index (χ1v) is 9.83. The second-order valence-corrected chi connectivity index (χ2v) is 7.88. The van der Waals surface area contributed by atoms with E-state index >= 15 is 0 Å². The van der Waals surface area contributed by atoms with Crippen LogP contribution in [0, 0.1) is 11.7 Å². The number of hydrogen-bond acceptors (Lipinski definition) is 2. The second kappa shape index (κ2) is 9.36. The van der Waals surface area contributed by atoms with Crippen LogP contribution < -0.4 is 5.32 Å². The molecule has 1 atom stereocenters. The average Bonchev–Trinajstić information content (AvgIpc) is 3.08. The molecule has 1 saturated heterocycles. The topological polar surface area (TPSA) is 30.9 Å². The Morgan fingerprint density at radius 2 is 2.08 bits per heavy atom. The summed E-state index contributed by atoms with van der Waals surface area (Å²) in [5, 5.41) is 3.51. The largest absolute Gasteiger partial charge is 0.355 e. The molecule has 1 aliphatic heterocycles. The van der Waals surface area contributed by atoms with E-state index in [0.29, 0.717) is 5.92 Å². The van der Waals surface area contributed by atoms with Crippen LogP contribution in [0.4, 0.5) is 4.39 Å². The first kappa shape index (κ1) is 20.7. The molecule has 1 aromatic rings. The molecule has 0 aromatic heterocycles. The Kier molecular flexibility index (Phi) is 7.44. The summed E-state index contributed by atoms with van der Waals surface area (Å²) in [7, 11) is 1.84. The summed E-state index contributed by atoms with van der Waals surface area (Å²) in [5.41, 5.74) is 0.833. The number of aliphatic imine (C=N–C) groups is 1. The van der Waals surface area contributed by atoms with Gasteiger partial charge >= 0.3 is 0 Å². The summed E-state index contributed by atoms with van der Waals surface area (Å²) in [5.74, 6) is 1.47. The molecule has 0 saturated carbocycles. The predicted octanol–water partition coefficient (Wildman–Crippen LogP) is 3.34. The highest BCUT2D eigenvalue weighted by molar-refractivity contribution is 5.80. The van der Waals surface area contributed by atoms with E-state index in [1.165, 1.54) is 12.5 Å². The van der Waals surface area contributed by atoms with Gasteiger partial charge < -0.3 is 15.1 Å². The van der Waals surface area contributed by atoms with E-state index < -0.39 is 0 Å². The van der Waals surface area contributed by atoms with Gasteiger partial charge in [-0.2, -0.15) is 0 Å². The first-order valence-electron chi connectivity index (χ1n) is 9.83. The zero-order chi connectivity index (χ0) is 19.2. The van der Waals surface area contributed by atoms with Gasteiger partial charge in [-0.05, 0) is 43.1 Å². The fourth-order valence-corrected chi connectivity index (χ4v) is 3.66. The Hall–Kier alpha value is -1.62. The molecule has 5 heteroatoms. The highest BCUT2D eigenvalue weighted by Crippen LogP contribution is 2.23. The molecule has 0 amide bonds. The molecule has 146 valence electrons. The second-order valence-electron chi connectivity index (χ2n) is 7.88. The van der Waals surface area contributed by atoms with Crippen LogP contribution in [0.3, 0.4) is 0 Å². The van der Waals surface area contributed by atoms with Crippen molar-refractivity contribution < 1.29 is 4.39 Å². The minimum absolute atomic E-state index is 0.168. The third kappa shape index (κ3) is 5.44. The van der Waals surface area contributed by atoms with E-state index in [4.69, 9.17) is 0 Å². The molecule has 0 radical (unpaired) electrons. The predicted molar refractivity (Wildman–Crippen MR) is 108 cm³/mol. The Labute approximate surface area is 158 Å². The molecule has 0 spiro atoms. The van der Waals surface area contributed by atoms with E-state index in [2.05, 4.69) is 47.8 Å². The SMILES string of the molecule is CCN(CC)CC1CCN(C(=NC)NCC(C)(C)c2cccc(F)c2)C1. The summed E-state index contributed by atoms with van der Waals surface area (Å²) in [6.07, 6.45) is 1.21. The Morgan fingerprint density at radius 1 is 1.35 bits per heavy atom. The van der Waals surface area contributed by atoms with Crippen LogP contribution in [0.1, 0.15) is 39.7 Å². The number of hydrogen-bond donors (Lipinski definition) is 1. The molecule has 1 aliphatic rings. The maximum atomic E-state index is 13.6. The van der Waals surface area contributed by atoms with Crippen molar-refractivity contribution in [2.24, 2.45) is 10.9 Å². The third-order valence-electron chi connectivity index (χ3n) is 5.50. The van der Waals surface area contributed by atoms with Crippen LogP contribution in [0.15, 0.2) is 29.3 Å². The summed E-state index contributed by atoms with van der Waals surface area (Å²) < 4.78 is 13.6. The van der Waals surface area contributed by atoms with Crippen molar-refractivity contribution in [1.29, 1.82) is 0 Å². The Bertz CT molecular complexity index is 595. The average molecular weight is 363 g/mol. The maximum absolute atomic E-state index is 13.6. The lowest BCUT2D eigenvalue weighted by Gasteiger charge is -2.29. The van der Waals surface area contributed by atoms with E-state index in [1.54, 1.807) is 12.1 Å². The minimum Gasteiger partial charge on any atom is -0.355 e. The van der Waals surface area contributed by atoms with Crippen molar-refractivity contribution in [3.63, 3.8) is 0 Å². The van der Waals surface area contributed by atoms with Gasteiger partial charge in [0, 0.05) is 38.6 Å². The minimum atomic E-state index is -0.182. The van der Waals surface area contributed by atoms with Gasteiger partial charge in [-0.3, -0.25) is 4.99 Å². The smallest absolute Gasteiger partial charge is 0.193 e. The summed E-state index contributed by atoms with van der Waals surface area (Å²) in [6.45, 7) is 14.9. The van der Waals surface area contributed by atoms with Gasteiger partial charge in [0.1, 0.15) is 5.82 Å². The first-order chi connectivity index (χ1) is 12.4. The van der Waals surface area contributed by atoms with Crippen LogP contribution in [-0.2, 0) is 5.41 Å².